The number of hydrogen-bond donors (Lipinski definition) is 2. The van der Waals surface area contributed by atoms with Crippen LogP contribution in [0.1, 0.15) is 39.0 Å². The van der Waals surface area contributed by atoms with Crippen LogP contribution in [0.25, 0.3) is 0 Å². The second kappa shape index (κ2) is 11.5. The smallest absolute Gasteiger partial charge is 0.243 e. The topological polar surface area (TPSA) is 117 Å². The molecule has 9 nitrogen and oxygen atoms in total. The Kier molecular flexibility index (Phi) is 8.73. The standard InChI is InChI=1S/C20H29N5O4S2/c1-2-29-17-8-10-18(11-9-17)31(27,28)25(16-6-4-3-5-7-16)14-19(26)21-12-13-30-20-22-15-23-24-20/h8-11,15-16H,2-7,12-14H2,1H3,(H,21,26)(H,22,23,24). The van der Waals surface area contributed by atoms with Gasteiger partial charge in [0.25, 0.3) is 0 Å². The molecule has 11 heteroatoms. The molecule has 1 saturated carbocycles. The Balaban J connectivity index is 1.65. The number of amides is 1. The largest absolute Gasteiger partial charge is 0.494 e. The molecule has 0 saturated heterocycles. The summed E-state index contributed by atoms with van der Waals surface area (Å²) in [6.07, 6.45) is 5.99. The highest BCUT2D eigenvalue weighted by Gasteiger charge is 2.33. The summed E-state index contributed by atoms with van der Waals surface area (Å²) in [5.74, 6) is 0.918. The molecule has 31 heavy (non-hydrogen) atoms. The predicted molar refractivity (Wildman–Crippen MR) is 118 cm³/mol. The molecular weight excluding hydrogens is 438 g/mol. The number of hydrogen-bond acceptors (Lipinski definition) is 7. The van der Waals surface area contributed by atoms with Crippen molar-refractivity contribution in [2.45, 2.75) is 55.1 Å². The number of benzene rings is 1. The molecule has 3 rings (SSSR count). The SMILES string of the molecule is CCOc1ccc(S(=O)(=O)N(CC(=O)NCCSc2ncn[nH]2)C2CCCCC2)cc1. The molecule has 1 fully saturated rings. The Morgan fingerprint density at radius 2 is 2.00 bits per heavy atom. The Morgan fingerprint density at radius 3 is 2.65 bits per heavy atom. The highest BCUT2D eigenvalue weighted by molar-refractivity contribution is 7.99. The highest BCUT2D eigenvalue weighted by atomic mass is 32.2. The Hall–Kier alpha value is -2.11. The van der Waals surface area contributed by atoms with Gasteiger partial charge in [0.05, 0.1) is 18.0 Å². The zero-order chi connectivity index (χ0) is 22.1. The summed E-state index contributed by atoms with van der Waals surface area (Å²) in [5.41, 5.74) is 0. The van der Waals surface area contributed by atoms with E-state index >= 15 is 0 Å². The van der Waals surface area contributed by atoms with Crippen LogP contribution in [0.4, 0.5) is 0 Å². The number of nitrogens with zero attached hydrogens (tertiary/aromatic N) is 3. The van der Waals surface area contributed by atoms with Crippen molar-refractivity contribution in [2.24, 2.45) is 0 Å². The van der Waals surface area contributed by atoms with Gasteiger partial charge in [-0.1, -0.05) is 31.0 Å². The van der Waals surface area contributed by atoms with Crippen LogP contribution in [-0.2, 0) is 14.8 Å². The van der Waals surface area contributed by atoms with Gasteiger partial charge in [-0.2, -0.15) is 9.40 Å². The quantitative estimate of drug-likeness (QED) is 0.385. The zero-order valence-corrected chi connectivity index (χ0v) is 19.3. The number of sulfonamides is 1. The van der Waals surface area contributed by atoms with Gasteiger partial charge in [0.1, 0.15) is 12.1 Å². The fourth-order valence-corrected chi connectivity index (χ4v) is 5.87. The molecule has 1 aromatic heterocycles. The van der Waals surface area contributed by atoms with Crippen molar-refractivity contribution in [3.05, 3.63) is 30.6 Å². The van der Waals surface area contributed by atoms with E-state index in [0.717, 1.165) is 32.1 Å². The fraction of sp³-hybridized carbons (Fsp3) is 0.550. The molecule has 1 heterocycles. The molecule has 2 N–H and O–H groups in total. The van der Waals surface area contributed by atoms with E-state index in [1.165, 1.54) is 22.4 Å². The molecule has 0 unspecified atom stereocenters. The first-order valence-electron chi connectivity index (χ1n) is 10.5. The van der Waals surface area contributed by atoms with Crippen LogP contribution in [0.3, 0.4) is 0 Å². The van der Waals surface area contributed by atoms with E-state index in [-0.39, 0.29) is 23.4 Å². The molecule has 0 bridgehead atoms. The molecule has 2 aromatic rings. The molecule has 0 spiro atoms. The lowest BCUT2D eigenvalue weighted by Crippen LogP contribution is -2.47. The summed E-state index contributed by atoms with van der Waals surface area (Å²) in [7, 11) is -3.81. The van der Waals surface area contributed by atoms with E-state index in [2.05, 4.69) is 20.5 Å². The van der Waals surface area contributed by atoms with Crippen molar-refractivity contribution in [1.82, 2.24) is 24.8 Å². The van der Waals surface area contributed by atoms with Crippen molar-refractivity contribution in [2.75, 3.05) is 25.4 Å². The van der Waals surface area contributed by atoms with E-state index < -0.39 is 10.0 Å². The summed E-state index contributed by atoms with van der Waals surface area (Å²) in [6, 6.07) is 6.22. The summed E-state index contributed by atoms with van der Waals surface area (Å²) < 4.78 is 33.6. The summed E-state index contributed by atoms with van der Waals surface area (Å²) in [6.45, 7) is 2.60. The van der Waals surface area contributed by atoms with Crippen LogP contribution in [0.2, 0.25) is 0 Å². The number of ether oxygens (including phenoxy) is 1. The number of carbonyl (C=O) groups is 1. The zero-order valence-electron chi connectivity index (χ0n) is 17.6. The van der Waals surface area contributed by atoms with Crippen LogP contribution in [0.5, 0.6) is 5.75 Å². The van der Waals surface area contributed by atoms with Crippen LogP contribution in [0, 0.1) is 0 Å². The number of carbonyl (C=O) groups excluding carboxylic acids is 1. The maximum Gasteiger partial charge on any atom is 0.243 e. The van der Waals surface area contributed by atoms with Crippen LogP contribution >= 0.6 is 11.8 Å². The number of rotatable bonds is 11. The number of aromatic amines is 1. The van der Waals surface area contributed by atoms with Crippen LogP contribution < -0.4 is 10.1 Å². The monoisotopic (exact) mass is 467 g/mol. The molecule has 0 radical (unpaired) electrons. The van der Waals surface area contributed by atoms with Gasteiger partial charge in [0, 0.05) is 18.3 Å². The lowest BCUT2D eigenvalue weighted by molar-refractivity contribution is -0.121. The minimum Gasteiger partial charge on any atom is -0.494 e. The minimum atomic E-state index is -3.81. The maximum absolute atomic E-state index is 13.4. The molecular formula is C20H29N5O4S2. The van der Waals surface area contributed by atoms with Crippen molar-refractivity contribution < 1.29 is 17.9 Å². The molecule has 1 aliphatic carbocycles. The summed E-state index contributed by atoms with van der Waals surface area (Å²) in [5, 5.41) is 10.0. The van der Waals surface area contributed by atoms with Gasteiger partial charge < -0.3 is 10.1 Å². The molecule has 0 atom stereocenters. The fourth-order valence-electron chi connectivity index (χ4n) is 3.59. The van der Waals surface area contributed by atoms with Gasteiger partial charge >= 0.3 is 0 Å². The second-order valence-corrected chi connectivity index (χ2v) is 10.2. The first-order chi connectivity index (χ1) is 15.0. The van der Waals surface area contributed by atoms with Crippen molar-refractivity contribution in [1.29, 1.82) is 0 Å². The third-order valence-corrected chi connectivity index (χ3v) is 7.87. The average Bonchev–Trinajstić information content (AvgIpc) is 3.30. The van der Waals surface area contributed by atoms with E-state index in [0.29, 0.717) is 29.8 Å². The van der Waals surface area contributed by atoms with Gasteiger partial charge in [-0.25, -0.2) is 13.4 Å². The number of thioether (sulfide) groups is 1. The second-order valence-electron chi connectivity index (χ2n) is 7.24. The third-order valence-electron chi connectivity index (χ3n) is 5.08. The van der Waals surface area contributed by atoms with Gasteiger partial charge in [0.2, 0.25) is 15.9 Å². The van der Waals surface area contributed by atoms with E-state index in [1.807, 2.05) is 6.92 Å². The molecule has 0 aliphatic heterocycles. The number of H-pyrrole nitrogens is 1. The first-order valence-corrected chi connectivity index (χ1v) is 12.9. The first kappa shape index (κ1) is 23.6. The normalized spacial score (nSPS) is 15.2. The Labute approximate surface area is 187 Å². The minimum absolute atomic E-state index is 0.167. The predicted octanol–water partition coefficient (Wildman–Crippen LogP) is 2.44. The number of nitrogens with one attached hydrogen (secondary N) is 2. The van der Waals surface area contributed by atoms with Crippen LogP contribution in [-0.4, -0.2) is 65.3 Å². The van der Waals surface area contributed by atoms with E-state index in [4.69, 9.17) is 4.74 Å². The van der Waals surface area contributed by atoms with Gasteiger partial charge in [-0.05, 0) is 44.0 Å². The lowest BCUT2D eigenvalue weighted by atomic mass is 9.95. The van der Waals surface area contributed by atoms with E-state index in [9.17, 15) is 13.2 Å². The van der Waals surface area contributed by atoms with Crippen LogP contribution in [0.15, 0.2) is 40.6 Å². The van der Waals surface area contributed by atoms with Crippen molar-refractivity contribution in [3.8, 4) is 5.75 Å². The van der Waals surface area contributed by atoms with Gasteiger partial charge in [-0.15, -0.1) is 0 Å². The molecule has 170 valence electrons. The molecule has 1 aliphatic rings. The van der Waals surface area contributed by atoms with Crippen molar-refractivity contribution in [3.63, 3.8) is 0 Å². The maximum atomic E-state index is 13.4. The average molecular weight is 468 g/mol. The Bertz CT molecular complexity index is 914. The summed E-state index contributed by atoms with van der Waals surface area (Å²) >= 11 is 1.44. The highest BCUT2D eigenvalue weighted by Crippen LogP contribution is 2.28. The third kappa shape index (κ3) is 6.68. The molecule has 1 aromatic carbocycles. The van der Waals surface area contributed by atoms with E-state index in [1.54, 1.807) is 24.3 Å². The van der Waals surface area contributed by atoms with Gasteiger partial charge in [0.15, 0.2) is 5.16 Å². The number of aromatic nitrogens is 3. The molecule has 1 amide bonds. The van der Waals surface area contributed by atoms with Gasteiger partial charge in [-0.3, -0.25) is 9.89 Å². The van der Waals surface area contributed by atoms with Crippen molar-refractivity contribution >= 4 is 27.7 Å². The Morgan fingerprint density at radius 1 is 1.26 bits per heavy atom. The lowest BCUT2D eigenvalue weighted by Gasteiger charge is -2.33. The summed E-state index contributed by atoms with van der Waals surface area (Å²) in [4.78, 5) is 16.8.